The number of fused-ring (bicyclic) bond motifs is 1. The molecule has 0 bridgehead atoms. The van der Waals surface area contributed by atoms with Crippen LogP contribution in [0.1, 0.15) is 17.5 Å². The molecule has 96 valence electrons. The van der Waals surface area contributed by atoms with Gasteiger partial charge in [-0.2, -0.15) is 0 Å². The van der Waals surface area contributed by atoms with Gasteiger partial charge in [0, 0.05) is 12.1 Å². The quantitative estimate of drug-likeness (QED) is 0.649. The fraction of sp³-hybridized carbons (Fsp3) is 0.385. The molecule has 0 aromatic heterocycles. The van der Waals surface area contributed by atoms with Crippen LogP contribution in [-0.2, 0) is 22.4 Å². The lowest BCUT2D eigenvalue weighted by Crippen LogP contribution is -2.29. The van der Waals surface area contributed by atoms with Crippen LogP contribution >= 0.6 is 0 Å². The fourth-order valence-corrected chi connectivity index (χ4v) is 2.04. The van der Waals surface area contributed by atoms with E-state index in [1.165, 1.54) is 11.1 Å². The Kier molecular flexibility index (Phi) is 3.94. The van der Waals surface area contributed by atoms with Crippen LogP contribution in [0.3, 0.4) is 0 Å². The minimum Gasteiger partial charge on any atom is -0.369 e. The minimum atomic E-state index is -0.344. The third kappa shape index (κ3) is 3.30. The number of rotatable bonds is 5. The molecule has 5 heteroatoms. The molecule has 0 radical (unpaired) electrons. The minimum absolute atomic E-state index is 0.0818. The van der Waals surface area contributed by atoms with Crippen molar-refractivity contribution in [3.05, 3.63) is 29.3 Å². The van der Waals surface area contributed by atoms with Gasteiger partial charge >= 0.3 is 0 Å². The summed E-state index contributed by atoms with van der Waals surface area (Å²) in [5.41, 5.74) is 8.33. The summed E-state index contributed by atoms with van der Waals surface area (Å²) in [4.78, 5) is 21.8. The van der Waals surface area contributed by atoms with Gasteiger partial charge in [0.25, 0.3) is 0 Å². The van der Waals surface area contributed by atoms with Gasteiger partial charge in [-0.15, -0.1) is 0 Å². The van der Waals surface area contributed by atoms with E-state index in [-0.39, 0.29) is 18.4 Å². The Morgan fingerprint density at radius 1 is 1.39 bits per heavy atom. The number of amides is 2. The monoisotopic (exact) mass is 247 g/mol. The molecule has 4 N–H and O–H groups in total. The molecule has 1 aliphatic rings. The van der Waals surface area contributed by atoms with E-state index in [9.17, 15) is 9.59 Å². The average molecular weight is 247 g/mol. The molecule has 0 saturated carbocycles. The van der Waals surface area contributed by atoms with E-state index in [1.54, 1.807) is 0 Å². The number of hydrogen-bond acceptors (Lipinski definition) is 3. The molecule has 1 aromatic carbocycles. The van der Waals surface area contributed by atoms with Gasteiger partial charge in [-0.05, 0) is 36.6 Å². The summed E-state index contributed by atoms with van der Waals surface area (Å²) in [6, 6.07) is 6.05. The first-order valence-electron chi connectivity index (χ1n) is 6.06. The van der Waals surface area contributed by atoms with Gasteiger partial charge in [0.2, 0.25) is 11.8 Å². The highest BCUT2D eigenvalue weighted by Gasteiger charge is 2.14. The maximum Gasteiger partial charge on any atom is 0.231 e. The van der Waals surface area contributed by atoms with Gasteiger partial charge in [-0.3, -0.25) is 9.59 Å². The first-order valence-corrected chi connectivity index (χ1v) is 6.06. The van der Waals surface area contributed by atoms with E-state index in [2.05, 4.69) is 16.7 Å². The molecule has 1 aromatic rings. The zero-order chi connectivity index (χ0) is 13.0. The molecular formula is C13H17N3O2. The van der Waals surface area contributed by atoms with E-state index >= 15 is 0 Å². The van der Waals surface area contributed by atoms with E-state index in [4.69, 9.17) is 5.73 Å². The Hall–Kier alpha value is -1.88. The van der Waals surface area contributed by atoms with Gasteiger partial charge in [0.15, 0.2) is 0 Å². The van der Waals surface area contributed by atoms with Crippen LogP contribution in [0.15, 0.2) is 18.2 Å². The van der Waals surface area contributed by atoms with Crippen LogP contribution in [0.5, 0.6) is 0 Å². The highest BCUT2D eigenvalue weighted by molar-refractivity contribution is 5.93. The van der Waals surface area contributed by atoms with Crippen molar-refractivity contribution < 1.29 is 9.59 Å². The Balaban J connectivity index is 1.91. The number of anilines is 1. The highest BCUT2D eigenvalue weighted by Crippen LogP contribution is 2.23. The van der Waals surface area contributed by atoms with Crippen molar-refractivity contribution in [2.24, 2.45) is 5.73 Å². The van der Waals surface area contributed by atoms with Crippen LogP contribution in [0.4, 0.5) is 5.69 Å². The third-order valence-electron chi connectivity index (χ3n) is 2.95. The molecule has 2 rings (SSSR count). The average Bonchev–Trinajstić information content (AvgIpc) is 2.34. The van der Waals surface area contributed by atoms with Crippen LogP contribution < -0.4 is 16.4 Å². The predicted molar refractivity (Wildman–Crippen MR) is 69.2 cm³/mol. The van der Waals surface area contributed by atoms with Crippen molar-refractivity contribution in [2.75, 3.05) is 18.4 Å². The Morgan fingerprint density at radius 2 is 2.22 bits per heavy atom. The largest absolute Gasteiger partial charge is 0.369 e. The first kappa shape index (κ1) is 12.6. The number of benzene rings is 1. The normalized spacial score (nSPS) is 13.9. The second-order valence-corrected chi connectivity index (χ2v) is 4.43. The lowest BCUT2D eigenvalue weighted by Gasteiger charge is -2.17. The summed E-state index contributed by atoms with van der Waals surface area (Å²) in [6.07, 6.45) is 2.19. The van der Waals surface area contributed by atoms with Crippen molar-refractivity contribution in [3.8, 4) is 0 Å². The third-order valence-corrected chi connectivity index (χ3v) is 2.95. The van der Waals surface area contributed by atoms with E-state index in [0.29, 0.717) is 13.0 Å². The number of nitrogens with one attached hydrogen (secondary N) is 2. The molecule has 0 atom stereocenters. The predicted octanol–water partition coefficient (Wildman–Crippen LogP) is 0.189. The van der Waals surface area contributed by atoms with Gasteiger partial charge in [-0.1, -0.05) is 12.1 Å². The van der Waals surface area contributed by atoms with Gasteiger partial charge in [0.1, 0.15) is 0 Å². The smallest absolute Gasteiger partial charge is 0.231 e. The SMILES string of the molecule is NC(=O)CNCCc1ccc2c(c1)CCC(=O)N2. The number of hydrogen-bond donors (Lipinski definition) is 3. The maximum atomic E-state index is 11.2. The van der Waals surface area contributed by atoms with Crippen LogP contribution in [0, 0.1) is 0 Å². The van der Waals surface area contributed by atoms with E-state index in [1.807, 2.05) is 12.1 Å². The number of primary amides is 1. The van der Waals surface area contributed by atoms with E-state index < -0.39 is 0 Å². The standard InChI is InChI=1S/C13H17N3O2/c14-12(17)8-15-6-5-9-1-3-11-10(7-9)2-4-13(18)16-11/h1,3,7,15H,2,4-6,8H2,(H2,14,17)(H,16,18). The molecule has 0 unspecified atom stereocenters. The summed E-state index contributed by atoms with van der Waals surface area (Å²) in [5.74, 6) is -0.262. The van der Waals surface area contributed by atoms with Gasteiger partial charge < -0.3 is 16.4 Å². The molecule has 2 amide bonds. The second-order valence-electron chi connectivity index (χ2n) is 4.43. The second kappa shape index (κ2) is 5.64. The Labute approximate surface area is 106 Å². The van der Waals surface area contributed by atoms with Gasteiger partial charge in [0.05, 0.1) is 6.54 Å². The summed E-state index contributed by atoms with van der Waals surface area (Å²) >= 11 is 0. The lowest BCUT2D eigenvalue weighted by molar-refractivity contribution is -0.117. The molecule has 18 heavy (non-hydrogen) atoms. The van der Waals surface area contributed by atoms with Crippen molar-refractivity contribution in [3.63, 3.8) is 0 Å². The molecule has 0 aliphatic carbocycles. The number of carbonyl (C=O) groups excluding carboxylic acids is 2. The fourth-order valence-electron chi connectivity index (χ4n) is 2.04. The molecule has 0 fully saturated rings. The molecule has 1 aliphatic heterocycles. The summed E-state index contributed by atoms with van der Waals surface area (Å²) in [7, 11) is 0. The molecular weight excluding hydrogens is 230 g/mol. The van der Waals surface area contributed by atoms with Gasteiger partial charge in [-0.25, -0.2) is 0 Å². The van der Waals surface area contributed by atoms with Crippen molar-refractivity contribution in [1.82, 2.24) is 5.32 Å². The molecule has 5 nitrogen and oxygen atoms in total. The highest BCUT2D eigenvalue weighted by atomic mass is 16.2. The summed E-state index contributed by atoms with van der Waals surface area (Å²) in [5, 5.41) is 5.83. The summed E-state index contributed by atoms with van der Waals surface area (Å²) < 4.78 is 0. The zero-order valence-electron chi connectivity index (χ0n) is 10.2. The first-order chi connectivity index (χ1) is 8.65. The molecule has 0 spiro atoms. The van der Waals surface area contributed by atoms with Crippen LogP contribution in [0.2, 0.25) is 0 Å². The van der Waals surface area contributed by atoms with Crippen LogP contribution in [0.25, 0.3) is 0 Å². The number of nitrogens with two attached hydrogens (primary N) is 1. The zero-order valence-corrected chi connectivity index (χ0v) is 10.2. The molecule has 0 saturated heterocycles. The molecule has 1 heterocycles. The Bertz CT molecular complexity index is 471. The maximum absolute atomic E-state index is 11.2. The van der Waals surface area contributed by atoms with Crippen LogP contribution in [-0.4, -0.2) is 24.9 Å². The number of carbonyl (C=O) groups is 2. The van der Waals surface area contributed by atoms with Crippen molar-refractivity contribution in [2.45, 2.75) is 19.3 Å². The number of aryl methyl sites for hydroxylation is 1. The van der Waals surface area contributed by atoms with E-state index in [0.717, 1.165) is 18.5 Å². The van der Waals surface area contributed by atoms with Crippen molar-refractivity contribution >= 4 is 17.5 Å². The lowest BCUT2D eigenvalue weighted by atomic mass is 9.99. The Morgan fingerprint density at radius 3 is 3.00 bits per heavy atom. The topological polar surface area (TPSA) is 84.2 Å². The summed E-state index contributed by atoms with van der Waals surface area (Å²) in [6.45, 7) is 0.926. The van der Waals surface area contributed by atoms with Crippen molar-refractivity contribution in [1.29, 1.82) is 0 Å².